The van der Waals surface area contributed by atoms with Gasteiger partial charge in [-0.15, -0.1) is 0 Å². The van der Waals surface area contributed by atoms with Crippen LogP contribution in [-0.4, -0.2) is 54.5 Å². The topological polar surface area (TPSA) is 134 Å². The van der Waals surface area contributed by atoms with Gasteiger partial charge in [0.25, 0.3) is 5.91 Å². The molecule has 2 aromatic carbocycles. The monoisotopic (exact) mass is 499 g/mol. The Morgan fingerprint density at radius 3 is 2.53 bits per heavy atom. The Balaban J connectivity index is 1.38. The number of para-hydroxylation sites is 1. The quantitative estimate of drug-likeness (QED) is 0.599. The molecule has 0 radical (unpaired) electrons. The van der Waals surface area contributed by atoms with E-state index in [1.165, 1.54) is 23.9 Å². The molecule has 0 aliphatic carbocycles. The largest absolute Gasteiger partial charge is 0.355 e. The molecule has 9 nitrogen and oxygen atoms in total. The predicted octanol–water partition coefficient (Wildman–Crippen LogP) is 2.04. The molecule has 1 unspecified atom stereocenters. The summed E-state index contributed by atoms with van der Waals surface area (Å²) in [6.45, 7) is 4.32. The Bertz CT molecular complexity index is 1290. The lowest BCUT2D eigenvalue weighted by molar-refractivity contribution is -0.120. The molecule has 0 spiro atoms. The number of hydrogen-bond acceptors (Lipinski definition) is 7. The fourth-order valence-electron chi connectivity index (χ4n) is 3.84. The van der Waals surface area contributed by atoms with E-state index in [1.807, 2.05) is 43.0 Å². The summed E-state index contributed by atoms with van der Waals surface area (Å²) in [4.78, 5) is 36.0. The molecule has 2 amide bonds. The lowest BCUT2D eigenvalue weighted by Crippen LogP contribution is -2.46. The summed E-state index contributed by atoms with van der Waals surface area (Å²) >= 11 is 1.27. The molecule has 2 aromatic rings. The molecule has 0 bridgehead atoms. The van der Waals surface area contributed by atoms with E-state index in [0.717, 1.165) is 16.8 Å². The number of nitrogens with zero attached hydrogens (tertiary/aromatic N) is 3. The number of thioether (sulfide) groups is 1. The lowest BCUT2D eigenvalue weighted by atomic mass is 10.0. The van der Waals surface area contributed by atoms with Crippen LogP contribution in [-0.2, 0) is 26.0 Å². The number of amides is 2. The van der Waals surface area contributed by atoms with Crippen LogP contribution in [0.5, 0.6) is 0 Å². The van der Waals surface area contributed by atoms with Gasteiger partial charge in [0.05, 0.1) is 16.3 Å². The molecular formula is C23H25N5O4S2. The minimum Gasteiger partial charge on any atom is -0.355 e. The number of hydrogen-bond donors (Lipinski definition) is 2. The van der Waals surface area contributed by atoms with Crippen LogP contribution in [0.4, 0.5) is 5.69 Å². The van der Waals surface area contributed by atoms with E-state index in [0.29, 0.717) is 24.0 Å². The fourth-order valence-corrected chi connectivity index (χ4v) is 5.22. The predicted molar refractivity (Wildman–Crippen MR) is 133 cm³/mol. The molecule has 4 rings (SSSR count). The normalized spacial score (nSPS) is 17.2. The van der Waals surface area contributed by atoms with Gasteiger partial charge in [-0.1, -0.05) is 49.9 Å². The zero-order chi connectivity index (χ0) is 24.5. The average Bonchev–Trinajstić information content (AvgIpc) is 3.15. The first-order chi connectivity index (χ1) is 16.1. The van der Waals surface area contributed by atoms with Crippen LogP contribution in [0, 0.1) is 5.92 Å². The molecule has 178 valence electrons. The maximum Gasteiger partial charge on any atom is 0.271 e. The van der Waals surface area contributed by atoms with Crippen LogP contribution in [0.2, 0.25) is 0 Å². The van der Waals surface area contributed by atoms with Crippen LogP contribution < -0.4 is 10.5 Å². The van der Waals surface area contributed by atoms with E-state index < -0.39 is 16.1 Å². The highest BCUT2D eigenvalue weighted by atomic mass is 32.2. The molecule has 2 aliphatic heterocycles. The van der Waals surface area contributed by atoms with Gasteiger partial charge in [0.1, 0.15) is 11.9 Å². The average molecular weight is 500 g/mol. The van der Waals surface area contributed by atoms with Gasteiger partial charge in [0.15, 0.2) is 5.17 Å². The summed E-state index contributed by atoms with van der Waals surface area (Å²) in [6, 6.07) is 13.3. The Morgan fingerprint density at radius 1 is 1.15 bits per heavy atom. The van der Waals surface area contributed by atoms with Crippen molar-refractivity contribution in [3.05, 3.63) is 59.7 Å². The van der Waals surface area contributed by atoms with E-state index in [2.05, 4.69) is 10.3 Å². The molecular weight excluding hydrogens is 474 g/mol. The van der Waals surface area contributed by atoms with Gasteiger partial charge >= 0.3 is 0 Å². The van der Waals surface area contributed by atoms with Crippen molar-refractivity contribution in [2.24, 2.45) is 21.0 Å². The molecule has 3 N–H and O–H groups in total. The molecule has 1 atom stereocenters. The van der Waals surface area contributed by atoms with Crippen molar-refractivity contribution in [3.63, 3.8) is 0 Å². The van der Waals surface area contributed by atoms with Gasteiger partial charge in [0.2, 0.25) is 15.9 Å². The molecule has 34 heavy (non-hydrogen) atoms. The van der Waals surface area contributed by atoms with Crippen LogP contribution >= 0.6 is 11.8 Å². The summed E-state index contributed by atoms with van der Waals surface area (Å²) in [5, 5.41) is 8.55. The number of amidine groups is 2. The Morgan fingerprint density at radius 2 is 1.85 bits per heavy atom. The number of rotatable bonds is 7. The van der Waals surface area contributed by atoms with Crippen molar-refractivity contribution < 1.29 is 18.0 Å². The molecule has 2 heterocycles. The molecule has 0 saturated heterocycles. The van der Waals surface area contributed by atoms with E-state index >= 15 is 0 Å². The Labute approximate surface area is 202 Å². The molecule has 11 heteroatoms. The lowest BCUT2D eigenvalue weighted by Gasteiger charge is -2.32. The summed E-state index contributed by atoms with van der Waals surface area (Å²) < 4.78 is 22.7. The zero-order valence-electron chi connectivity index (χ0n) is 18.8. The summed E-state index contributed by atoms with van der Waals surface area (Å²) in [7, 11) is -3.73. The number of aliphatic imine (C=N–C) groups is 2. The first-order valence-corrected chi connectivity index (χ1v) is 13.3. The van der Waals surface area contributed by atoms with Crippen molar-refractivity contribution in [1.29, 1.82) is 0 Å². The van der Waals surface area contributed by atoms with E-state index in [9.17, 15) is 18.0 Å². The standard InChI is InChI=1S/C23H25N5O4S2/c1-14(2)20-22(30)27-21-17-5-3-4-6-18(17)26-23(28(20)21)33-13-19(29)25-12-11-15-7-9-16(10-8-15)34(24,31)32/h3-10,14,20H,11-13H2,1-2H3,(H,25,29)(H2,24,31,32). The Kier molecular flexibility index (Phi) is 6.87. The number of carbonyl (C=O) groups is 2. The van der Waals surface area contributed by atoms with Gasteiger partial charge in [-0.2, -0.15) is 4.99 Å². The van der Waals surface area contributed by atoms with Crippen molar-refractivity contribution in [2.75, 3.05) is 12.3 Å². The second kappa shape index (κ2) is 9.69. The number of sulfonamides is 1. The van der Waals surface area contributed by atoms with Gasteiger partial charge < -0.3 is 5.32 Å². The molecule has 2 aliphatic rings. The second-order valence-corrected chi connectivity index (χ2v) is 10.8. The molecule has 0 saturated carbocycles. The van der Waals surface area contributed by atoms with Gasteiger partial charge in [-0.05, 0) is 42.2 Å². The van der Waals surface area contributed by atoms with E-state index in [-0.39, 0.29) is 28.4 Å². The molecule has 0 fully saturated rings. The maximum absolute atomic E-state index is 12.6. The number of carbonyl (C=O) groups excluding carboxylic acids is 2. The third kappa shape index (κ3) is 5.06. The first kappa shape index (κ1) is 24.1. The highest BCUT2D eigenvalue weighted by Gasteiger charge is 2.43. The highest BCUT2D eigenvalue weighted by molar-refractivity contribution is 8.14. The summed E-state index contributed by atoms with van der Waals surface area (Å²) in [5.74, 6) is 0.374. The molecule has 0 aromatic heterocycles. The smallest absolute Gasteiger partial charge is 0.271 e. The number of benzene rings is 2. The third-order valence-electron chi connectivity index (χ3n) is 5.49. The van der Waals surface area contributed by atoms with Crippen molar-refractivity contribution in [2.45, 2.75) is 31.2 Å². The zero-order valence-corrected chi connectivity index (χ0v) is 20.4. The van der Waals surface area contributed by atoms with Crippen LogP contribution in [0.1, 0.15) is 25.0 Å². The minimum absolute atomic E-state index is 0.0271. The SMILES string of the molecule is CC(C)C1C(=O)N=C2c3ccccc3N=C(SCC(=O)NCCc3ccc(S(N)(=O)=O)cc3)N21. The fraction of sp³-hybridized carbons (Fsp3) is 0.304. The maximum atomic E-state index is 12.6. The minimum atomic E-state index is -3.73. The van der Waals surface area contributed by atoms with Crippen LogP contribution in [0.25, 0.3) is 0 Å². The number of fused-ring (bicyclic) bond motifs is 3. The Hall–Kier alpha value is -3.02. The number of primary sulfonamides is 1. The van der Waals surface area contributed by atoms with E-state index in [1.54, 1.807) is 12.1 Å². The third-order valence-corrected chi connectivity index (χ3v) is 7.38. The number of nitrogens with two attached hydrogens (primary N) is 1. The summed E-state index contributed by atoms with van der Waals surface area (Å²) in [6.07, 6.45) is 0.544. The van der Waals surface area contributed by atoms with Crippen LogP contribution in [0.15, 0.2) is 63.4 Å². The van der Waals surface area contributed by atoms with E-state index in [4.69, 9.17) is 10.1 Å². The first-order valence-electron chi connectivity index (χ1n) is 10.8. The van der Waals surface area contributed by atoms with Crippen molar-refractivity contribution in [3.8, 4) is 0 Å². The van der Waals surface area contributed by atoms with Gasteiger partial charge in [0, 0.05) is 12.1 Å². The van der Waals surface area contributed by atoms with Gasteiger partial charge in [-0.3, -0.25) is 14.5 Å². The highest BCUT2D eigenvalue weighted by Crippen LogP contribution is 2.35. The van der Waals surface area contributed by atoms with Crippen LogP contribution in [0.3, 0.4) is 0 Å². The van der Waals surface area contributed by atoms with Gasteiger partial charge in [-0.25, -0.2) is 18.5 Å². The summed E-state index contributed by atoms with van der Waals surface area (Å²) in [5.41, 5.74) is 2.41. The number of nitrogens with one attached hydrogen (secondary N) is 1. The van der Waals surface area contributed by atoms with Crippen molar-refractivity contribution in [1.82, 2.24) is 10.2 Å². The second-order valence-electron chi connectivity index (χ2n) is 8.32. The van der Waals surface area contributed by atoms with Crippen molar-refractivity contribution >= 4 is 50.3 Å².